The van der Waals surface area contributed by atoms with Crippen LogP contribution in [0.1, 0.15) is 192 Å². The van der Waals surface area contributed by atoms with Crippen molar-refractivity contribution in [2.75, 3.05) is 26.3 Å². The van der Waals surface area contributed by atoms with Gasteiger partial charge in [-0.25, -0.2) is 4.98 Å². The Bertz CT molecular complexity index is 1050. The number of amides is 1. The minimum Gasteiger partial charge on any atom is -0.481 e. The molecule has 11 nitrogen and oxygen atoms in total. The number of carbonyl (C=O) groups is 4. The molecule has 13 heteroatoms. The fourth-order valence-electron chi connectivity index (χ4n) is 6.57. The van der Waals surface area contributed by atoms with Gasteiger partial charge in [-0.2, -0.15) is 0 Å². The molecule has 0 aliphatic rings. The normalized spacial score (nSPS) is 11.3. The van der Waals surface area contributed by atoms with Crippen LogP contribution >= 0.6 is 24.8 Å². The predicted octanol–water partition coefficient (Wildman–Crippen LogP) is 10.1. The Morgan fingerprint density at radius 1 is 0.636 bits per heavy atom. The lowest BCUT2D eigenvalue weighted by atomic mass is 10.0. The summed E-state index contributed by atoms with van der Waals surface area (Å²) in [4.78, 5) is 57.1. The van der Waals surface area contributed by atoms with Crippen LogP contribution in [0.25, 0.3) is 0 Å². The maximum absolute atomic E-state index is 13.2. The second kappa shape index (κ2) is 39.8. The van der Waals surface area contributed by atoms with E-state index in [4.69, 9.17) is 20.3 Å². The lowest BCUT2D eigenvalue weighted by Crippen LogP contribution is -2.47. The summed E-state index contributed by atoms with van der Waals surface area (Å²) in [6, 6.07) is -0.814. The molecule has 0 fully saturated rings. The van der Waals surface area contributed by atoms with E-state index < -0.39 is 12.0 Å². The van der Waals surface area contributed by atoms with Crippen LogP contribution in [0.5, 0.6) is 0 Å². The van der Waals surface area contributed by atoms with Crippen LogP contribution in [0.3, 0.4) is 0 Å². The van der Waals surface area contributed by atoms with Crippen LogP contribution < -0.4 is 5.73 Å². The quantitative estimate of drug-likeness (QED) is 0.0435. The van der Waals surface area contributed by atoms with Gasteiger partial charge in [-0.1, -0.05) is 148 Å². The number of nitrogens with one attached hydrogen (secondary N) is 1. The number of rotatable bonds is 38. The molecule has 0 radical (unpaired) electrons. The molecule has 0 saturated carbocycles. The maximum Gasteiger partial charge on any atom is 0.305 e. The summed E-state index contributed by atoms with van der Waals surface area (Å²) in [6.45, 7) is 2.75. The number of hydrogen-bond acceptors (Lipinski definition) is 8. The predicted molar refractivity (Wildman–Crippen MR) is 226 cm³/mol. The summed E-state index contributed by atoms with van der Waals surface area (Å²) < 4.78 is 10.9. The summed E-state index contributed by atoms with van der Waals surface area (Å²) in [5.74, 6) is -1.53. The number of aliphatic carboxylic acids is 1. The highest BCUT2D eigenvalue weighted by atomic mass is 35.5. The monoisotopic (exact) mass is 821 g/mol. The van der Waals surface area contributed by atoms with Crippen molar-refractivity contribution in [3.05, 3.63) is 18.2 Å². The van der Waals surface area contributed by atoms with Crippen molar-refractivity contribution >= 4 is 48.6 Å². The summed E-state index contributed by atoms with van der Waals surface area (Å²) in [6.07, 6.45) is 33.7. The fraction of sp³-hybridized carbons (Fsp3) is 0.833. The van der Waals surface area contributed by atoms with Gasteiger partial charge in [0.25, 0.3) is 0 Å². The molecule has 1 amide bonds. The first kappa shape index (κ1) is 54.7. The summed E-state index contributed by atoms with van der Waals surface area (Å²) in [5, 5.41) is 8.68. The van der Waals surface area contributed by atoms with Crippen LogP contribution in [0, 0.1) is 0 Å². The molecule has 1 atom stereocenters. The van der Waals surface area contributed by atoms with E-state index in [0.29, 0.717) is 18.5 Å². The molecular formula is C42H78Cl2N4O7. The third-order valence-electron chi connectivity index (χ3n) is 9.87. The van der Waals surface area contributed by atoms with E-state index in [9.17, 15) is 19.2 Å². The number of carbonyl (C=O) groups excluding carboxylic acids is 3. The first-order valence-electron chi connectivity index (χ1n) is 21.4. The molecule has 1 aromatic rings. The molecule has 0 saturated heterocycles. The number of halogens is 2. The number of carboxylic acids is 1. The number of aromatic amines is 1. The Balaban J connectivity index is 0. The first-order chi connectivity index (χ1) is 25.8. The van der Waals surface area contributed by atoms with Crippen molar-refractivity contribution in [3.63, 3.8) is 0 Å². The van der Waals surface area contributed by atoms with Crippen molar-refractivity contribution in [3.8, 4) is 0 Å². The van der Waals surface area contributed by atoms with Gasteiger partial charge in [0, 0.05) is 31.9 Å². The average Bonchev–Trinajstić information content (AvgIpc) is 3.65. The minimum absolute atomic E-state index is 0. The molecule has 1 rings (SSSR count). The number of carboxylic acid groups (broad SMARTS) is 1. The SMILES string of the molecule is CCCCCCCCCCCCCCCC(=O)OCCN(CCOC(=O)CCCCCCCCCCCCCCC(=O)O)C(=O)[C@@H](N)Cc1c[nH]cn1.Cl.Cl. The Morgan fingerprint density at radius 3 is 1.35 bits per heavy atom. The zero-order chi connectivity index (χ0) is 38.6. The summed E-state index contributed by atoms with van der Waals surface area (Å²) in [5.41, 5.74) is 6.91. The van der Waals surface area contributed by atoms with Crippen LogP contribution in [-0.2, 0) is 35.1 Å². The van der Waals surface area contributed by atoms with Crippen molar-refractivity contribution < 1.29 is 33.8 Å². The second-order valence-corrected chi connectivity index (χ2v) is 14.8. The molecule has 0 aliphatic carbocycles. The smallest absolute Gasteiger partial charge is 0.305 e. The van der Waals surface area contributed by atoms with Crippen LogP contribution in [0.4, 0.5) is 0 Å². The Morgan fingerprint density at radius 2 is 1.00 bits per heavy atom. The van der Waals surface area contributed by atoms with Gasteiger partial charge in [0.1, 0.15) is 13.2 Å². The van der Waals surface area contributed by atoms with Gasteiger partial charge < -0.3 is 30.2 Å². The molecule has 0 unspecified atom stereocenters. The first-order valence-corrected chi connectivity index (χ1v) is 21.4. The highest BCUT2D eigenvalue weighted by Crippen LogP contribution is 2.15. The molecule has 0 spiro atoms. The van der Waals surface area contributed by atoms with Crippen molar-refractivity contribution in [2.45, 2.75) is 199 Å². The largest absolute Gasteiger partial charge is 0.481 e. The van der Waals surface area contributed by atoms with Gasteiger partial charge >= 0.3 is 17.9 Å². The number of imidazole rings is 1. The number of nitrogens with zero attached hydrogens (tertiary/aromatic N) is 2. The Labute approximate surface area is 345 Å². The number of nitrogens with two attached hydrogens (primary N) is 1. The van der Waals surface area contributed by atoms with Gasteiger partial charge in [-0.15, -0.1) is 24.8 Å². The van der Waals surface area contributed by atoms with Crippen LogP contribution in [0.15, 0.2) is 12.5 Å². The Kier molecular flexibility index (Phi) is 39.7. The highest BCUT2D eigenvalue weighted by molar-refractivity contribution is 5.85. The van der Waals surface area contributed by atoms with Gasteiger partial charge in [-0.05, 0) is 19.3 Å². The Hall–Kier alpha value is -2.37. The van der Waals surface area contributed by atoms with E-state index in [1.165, 1.54) is 101 Å². The third kappa shape index (κ3) is 34.6. The lowest BCUT2D eigenvalue weighted by molar-refractivity contribution is -0.148. The van der Waals surface area contributed by atoms with Crippen molar-refractivity contribution in [1.82, 2.24) is 14.9 Å². The number of esters is 2. The standard InChI is InChI=1S/C42H76N4O7.2ClH/c1-2-3-4-5-6-7-8-9-13-16-19-22-25-28-40(49)52-32-30-46(42(51)38(43)34-37-35-44-36-45-37)31-33-53-41(50)29-26-23-20-17-14-11-10-12-15-18-21-24-27-39(47)48;;/h35-36,38H,2-34,43H2,1H3,(H,44,45)(H,47,48);2*1H/t38-;;/m0../s1. The number of hydrogen-bond donors (Lipinski definition) is 3. The number of unbranched alkanes of at least 4 members (excludes halogenated alkanes) is 23. The maximum atomic E-state index is 13.2. The molecule has 4 N–H and O–H groups in total. The van der Waals surface area contributed by atoms with Gasteiger partial charge in [0.05, 0.1) is 31.2 Å². The van der Waals surface area contributed by atoms with E-state index in [-0.39, 0.29) is 81.8 Å². The van der Waals surface area contributed by atoms with Crippen molar-refractivity contribution in [2.24, 2.45) is 5.73 Å². The molecule has 0 aliphatic heterocycles. The van der Waals surface area contributed by atoms with E-state index >= 15 is 0 Å². The van der Waals surface area contributed by atoms with Gasteiger partial charge in [0.15, 0.2) is 0 Å². The average molecular weight is 822 g/mol. The fourth-order valence-corrected chi connectivity index (χ4v) is 6.57. The molecule has 55 heavy (non-hydrogen) atoms. The molecule has 322 valence electrons. The lowest BCUT2D eigenvalue weighted by Gasteiger charge is -2.25. The van der Waals surface area contributed by atoms with Gasteiger partial charge in [0.2, 0.25) is 5.91 Å². The second-order valence-electron chi connectivity index (χ2n) is 14.8. The molecule has 0 aromatic carbocycles. The summed E-state index contributed by atoms with van der Waals surface area (Å²) in [7, 11) is 0. The molecule has 0 bridgehead atoms. The van der Waals surface area contributed by atoms with Crippen molar-refractivity contribution in [1.29, 1.82) is 0 Å². The molecule has 1 heterocycles. The van der Waals surface area contributed by atoms with Gasteiger partial charge in [-0.3, -0.25) is 19.2 Å². The topological polar surface area (TPSA) is 165 Å². The molecule has 1 aromatic heterocycles. The van der Waals surface area contributed by atoms with Crippen LogP contribution in [0.2, 0.25) is 0 Å². The third-order valence-corrected chi connectivity index (χ3v) is 9.87. The number of ether oxygens (including phenoxy) is 2. The minimum atomic E-state index is -0.814. The number of aromatic nitrogens is 2. The van der Waals surface area contributed by atoms with E-state index in [1.807, 2.05) is 0 Å². The molecular weight excluding hydrogens is 743 g/mol. The number of H-pyrrole nitrogens is 1. The zero-order valence-corrected chi connectivity index (χ0v) is 35.9. The van der Waals surface area contributed by atoms with E-state index in [1.54, 1.807) is 12.5 Å². The van der Waals surface area contributed by atoms with E-state index in [0.717, 1.165) is 64.2 Å². The van der Waals surface area contributed by atoms with E-state index in [2.05, 4.69) is 16.9 Å². The zero-order valence-electron chi connectivity index (χ0n) is 34.3. The van der Waals surface area contributed by atoms with Crippen LogP contribution in [-0.4, -0.2) is 76.1 Å². The summed E-state index contributed by atoms with van der Waals surface area (Å²) >= 11 is 0. The highest BCUT2D eigenvalue weighted by Gasteiger charge is 2.23.